The first-order valence-electron chi connectivity index (χ1n) is 7.94. The molecule has 0 N–H and O–H groups in total. The first-order valence-corrected chi connectivity index (χ1v) is 8.47. The Bertz CT molecular complexity index is 625. The van der Waals surface area contributed by atoms with Crippen molar-refractivity contribution in [1.29, 1.82) is 0 Å². The minimum Gasteiger partial charge on any atom is -0.496 e. The highest BCUT2D eigenvalue weighted by Gasteiger charge is 2.12. The summed E-state index contributed by atoms with van der Waals surface area (Å²) in [7, 11) is 1.75. The van der Waals surface area contributed by atoms with Crippen LogP contribution in [0.4, 0.5) is 0 Å². The van der Waals surface area contributed by atoms with Gasteiger partial charge in [-0.2, -0.15) is 0 Å². The Morgan fingerprint density at radius 2 is 1.86 bits per heavy atom. The van der Waals surface area contributed by atoms with E-state index in [0.717, 1.165) is 48.3 Å². The Balaban J connectivity index is 2.53. The van der Waals surface area contributed by atoms with Gasteiger partial charge in [0.25, 0.3) is 0 Å². The van der Waals surface area contributed by atoms with Gasteiger partial charge in [0.05, 0.1) is 12.8 Å². The van der Waals surface area contributed by atoms with Crippen molar-refractivity contribution in [3.05, 3.63) is 47.2 Å². The number of rotatable bonds is 7. The number of pyridine rings is 1. The van der Waals surface area contributed by atoms with Gasteiger partial charge in [-0.1, -0.05) is 26.7 Å². The van der Waals surface area contributed by atoms with Crippen molar-refractivity contribution in [2.45, 2.75) is 45.4 Å². The van der Waals surface area contributed by atoms with Crippen LogP contribution < -0.4 is 4.74 Å². The molecule has 0 bridgehead atoms. The van der Waals surface area contributed by atoms with Gasteiger partial charge in [0.15, 0.2) is 0 Å². The maximum atomic E-state index is 5.94. The number of benzene rings is 1. The second-order valence-electron chi connectivity index (χ2n) is 5.50. The van der Waals surface area contributed by atoms with Gasteiger partial charge >= 0.3 is 0 Å². The van der Waals surface area contributed by atoms with Gasteiger partial charge in [0, 0.05) is 17.6 Å². The fourth-order valence-corrected chi connectivity index (χ4v) is 2.94. The van der Waals surface area contributed by atoms with Crippen LogP contribution in [0, 0.1) is 0 Å². The number of aryl methyl sites for hydroxylation is 1. The number of aromatic nitrogens is 1. The first kappa shape index (κ1) is 16.8. The molecule has 2 aromatic rings. The standard InChI is InChI=1S/C19H24ClNO/c1-4-6-15-11-16(12-19(22-3)17(15)7-5-2)18-10-14(13-20)8-9-21-18/h8-12H,4-7,13H2,1-3H3. The smallest absolute Gasteiger partial charge is 0.122 e. The van der Waals surface area contributed by atoms with E-state index in [2.05, 4.69) is 37.0 Å². The number of halogens is 1. The van der Waals surface area contributed by atoms with E-state index in [1.54, 1.807) is 7.11 Å². The molecular weight excluding hydrogens is 294 g/mol. The number of methoxy groups -OCH3 is 1. The lowest BCUT2D eigenvalue weighted by atomic mass is 9.94. The van der Waals surface area contributed by atoms with Crippen molar-refractivity contribution in [3.8, 4) is 17.0 Å². The highest BCUT2D eigenvalue weighted by atomic mass is 35.5. The van der Waals surface area contributed by atoms with Crippen LogP contribution in [0.3, 0.4) is 0 Å². The molecule has 1 heterocycles. The second-order valence-corrected chi connectivity index (χ2v) is 5.77. The maximum absolute atomic E-state index is 5.94. The number of hydrogen-bond acceptors (Lipinski definition) is 2. The molecule has 0 saturated carbocycles. The SMILES string of the molecule is CCCc1cc(-c2cc(CCl)ccn2)cc(OC)c1CCC. The van der Waals surface area contributed by atoms with Gasteiger partial charge in [-0.25, -0.2) is 0 Å². The molecule has 3 heteroatoms. The molecule has 0 aliphatic heterocycles. The first-order chi connectivity index (χ1) is 10.7. The van der Waals surface area contributed by atoms with E-state index < -0.39 is 0 Å². The summed E-state index contributed by atoms with van der Waals surface area (Å²) < 4.78 is 5.65. The summed E-state index contributed by atoms with van der Waals surface area (Å²) in [5, 5.41) is 0. The van der Waals surface area contributed by atoms with Crippen LogP contribution in [0.15, 0.2) is 30.5 Å². The lowest BCUT2D eigenvalue weighted by Gasteiger charge is -2.16. The van der Waals surface area contributed by atoms with Crippen molar-refractivity contribution in [2.75, 3.05) is 7.11 Å². The summed E-state index contributed by atoms with van der Waals surface area (Å²) in [5.41, 5.74) is 5.85. The van der Waals surface area contributed by atoms with Crippen molar-refractivity contribution in [1.82, 2.24) is 4.98 Å². The minimum atomic E-state index is 0.502. The van der Waals surface area contributed by atoms with Crippen molar-refractivity contribution in [3.63, 3.8) is 0 Å². The Kier molecular flexibility index (Phi) is 6.26. The fraction of sp³-hybridized carbons (Fsp3) is 0.421. The van der Waals surface area contributed by atoms with Crippen molar-refractivity contribution < 1.29 is 4.74 Å². The molecule has 2 nitrogen and oxygen atoms in total. The molecule has 22 heavy (non-hydrogen) atoms. The zero-order valence-corrected chi connectivity index (χ0v) is 14.4. The molecule has 118 valence electrons. The lowest BCUT2D eigenvalue weighted by Crippen LogP contribution is -2.00. The molecule has 0 atom stereocenters. The predicted molar refractivity (Wildman–Crippen MR) is 93.8 cm³/mol. The Hall–Kier alpha value is -1.54. The van der Waals surface area contributed by atoms with Crippen LogP contribution in [0.5, 0.6) is 5.75 Å². The van der Waals surface area contributed by atoms with Gasteiger partial charge in [0.1, 0.15) is 5.75 Å². The average molecular weight is 318 g/mol. The van der Waals surface area contributed by atoms with Gasteiger partial charge < -0.3 is 4.74 Å². The summed E-state index contributed by atoms with van der Waals surface area (Å²) in [6.07, 6.45) is 6.17. The normalized spacial score (nSPS) is 10.7. The largest absolute Gasteiger partial charge is 0.496 e. The van der Waals surface area contributed by atoms with Crippen LogP contribution in [-0.4, -0.2) is 12.1 Å². The number of nitrogens with zero attached hydrogens (tertiary/aromatic N) is 1. The third-order valence-corrected chi connectivity index (χ3v) is 4.12. The third kappa shape index (κ3) is 3.80. The van der Waals surface area contributed by atoms with E-state index >= 15 is 0 Å². The molecule has 0 amide bonds. The topological polar surface area (TPSA) is 22.1 Å². The molecule has 0 aliphatic rings. The second kappa shape index (κ2) is 8.19. The van der Waals surface area contributed by atoms with Crippen LogP contribution >= 0.6 is 11.6 Å². The molecule has 0 fully saturated rings. The zero-order chi connectivity index (χ0) is 15.9. The van der Waals surface area contributed by atoms with Gasteiger partial charge in [-0.3, -0.25) is 4.98 Å². The van der Waals surface area contributed by atoms with Gasteiger partial charge in [0.2, 0.25) is 0 Å². The van der Waals surface area contributed by atoms with Crippen LogP contribution in [-0.2, 0) is 18.7 Å². The summed E-state index contributed by atoms with van der Waals surface area (Å²) in [6.45, 7) is 4.41. The van der Waals surface area contributed by atoms with Crippen molar-refractivity contribution >= 4 is 11.6 Å². The summed E-state index contributed by atoms with van der Waals surface area (Å²) >= 11 is 5.94. The molecule has 0 spiro atoms. The number of ether oxygens (including phenoxy) is 1. The number of alkyl halides is 1. The molecule has 1 aromatic carbocycles. The maximum Gasteiger partial charge on any atom is 0.122 e. The van der Waals surface area contributed by atoms with Crippen LogP contribution in [0.1, 0.15) is 43.4 Å². The Labute approximate surface area is 138 Å². The van der Waals surface area contributed by atoms with E-state index in [0.29, 0.717) is 5.88 Å². The summed E-state index contributed by atoms with van der Waals surface area (Å²) in [5.74, 6) is 1.48. The Morgan fingerprint density at radius 1 is 1.09 bits per heavy atom. The monoisotopic (exact) mass is 317 g/mol. The van der Waals surface area contributed by atoms with E-state index in [4.69, 9.17) is 16.3 Å². The van der Waals surface area contributed by atoms with Crippen LogP contribution in [0.25, 0.3) is 11.3 Å². The minimum absolute atomic E-state index is 0.502. The molecular formula is C19H24ClNO. The van der Waals surface area contributed by atoms with E-state index in [-0.39, 0.29) is 0 Å². The Morgan fingerprint density at radius 3 is 2.50 bits per heavy atom. The highest BCUT2D eigenvalue weighted by molar-refractivity contribution is 6.17. The van der Waals surface area contributed by atoms with E-state index in [1.165, 1.54) is 11.1 Å². The third-order valence-electron chi connectivity index (χ3n) is 3.82. The summed E-state index contributed by atoms with van der Waals surface area (Å²) in [4.78, 5) is 4.50. The van der Waals surface area contributed by atoms with E-state index in [9.17, 15) is 0 Å². The molecule has 0 unspecified atom stereocenters. The molecule has 0 saturated heterocycles. The fourth-order valence-electron chi connectivity index (χ4n) is 2.77. The quantitative estimate of drug-likeness (QED) is 0.638. The predicted octanol–water partition coefficient (Wildman–Crippen LogP) is 5.40. The summed E-state index contributed by atoms with van der Waals surface area (Å²) in [6, 6.07) is 8.37. The molecule has 0 radical (unpaired) electrons. The zero-order valence-electron chi connectivity index (χ0n) is 13.7. The number of hydrogen-bond donors (Lipinski definition) is 0. The lowest BCUT2D eigenvalue weighted by molar-refractivity contribution is 0.408. The van der Waals surface area contributed by atoms with E-state index in [1.807, 2.05) is 12.3 Å². The van der Waals surface area contributed by atoms with Gasteiger partial charge in [-0.15, -0.1) is 11.6 Å². The van der Waals surface area contributed by atoms with Crippen molar-refractivity contribution in [2.24, 2.45) is 0 Å². The molecule has 2 rings (SSSR count). The van der Waals surface area contributed by atoms with Gasteiger partial charge in [-0.05, 0) is 53.8 Å². The van der Waals surface area contributed by atoms with Crippen LogP contribution in [0.2, 0.25) is 0 Å². The molecule has 1 aromatic heterocycles. The molecule has 0 aliphatic carbocycles. The highest BCUT2D eigenvalue weighted by Crippen LogP contribution is 2.32. The average Bonchev–Trinajstić information content (AvgIpc) is 2.56.